The van der Waals surface area contributed by atoms with Crippen LogP contribution in [-0.2, 0) is 6.54 Å². The zero-order valence-corrected chi connectivity index (χ0v) is 12.5. The van der Waals surface area contributed by atoms with Crippen molar-refractivity contribution in [1.29, 1.82) is 0 Å². The van der Waals surface area contributed by atoms with Gasteiger partial charge in [0.2, 0.25) is 0 Å². The molecule has 1 aromatic heterocycles. The standard InChI is InChI=1S/C15H27N3O/c1-4-14(5-2)18-10-7-13(16-18)11-17-9-6-8-15(3,19)12-17/h7,10,14,19H,4-6,8-9,11-12H2,1-3H3. The van der Waals surface area contributed by atoms with Crippen molar-refractivity contribution in [2.75, 3.05) is 13.1 Å². The number of rotatable bonds is 5. The quantitative estimate of drug-likeness (QED) is 0.889. The van der Waals surface area contributed by atoms with E-state index in [1.807, 2.05) is 6.92 Å². The molecule has 1 aliphatic rings. The van der Waals surface area contributed by atoms with Crippen LogP contribution in [-0.4, -0.2) is 38.5 Å². The molecule has 4 nitrogen and oxygen atoms in total. The van der Waals surface area contributed by atoms with Gasteiger partial charge in [0.15, 0.2) is 0 Å². The van der Waals surface area contributed by atoms with E-state index in [1.54, 1.807) is 0 Å². The van der Waals surface area contributed by atoms with Crippen molar-refractivity contribution in [3.8, 4) is 0 Å². The predicted octanol–water partition coefficient (Wildman–Crippen LogP) is 2.59. The first-order valence-electron chi connectivity index (χ1n) is 7.53. The Balaban J connectivity index is 1.96. The maximum absolute atomic E-state index is 10.1. The second-order valence-electron chi connectivity index (χ2n) is 6.07. The highest BCUT2D eigenvalue weighted by molar-refractivity contribution is 5.00. The minimum atomic E-state index is -0.532. The lowest BCUT2D eigenvalue weighted by atomic mass is 9.95. The molecule has 2 rings (SSSR count). The third-order valence-electron chi connectivity index (χ3n) is 4.12. The molecule has 0 radical (unpaired) electrons. The summed E-state index contributed by atoms with van der Waals surface area (Å²) in [7, 11) is 0. The second-order valence-corrected chi connectivity index (χ2v) is 6.07. The van der Waals surface area contributed by atoms with Gasteiger partial charge in [0, 0.05) is 19.3 Å². The number of nitrogens with zero attached hydrogens (tertiary/aromatic N) is 3. The lowest BCUT2D eigenvalue weighted by Gasteiger charge is -2.36. The van der Waals surface area contributed by atoms with Crippen LogP contribution in [0.25, 0.3) is 0 Å². The van der Waals surface area contributed by atoms with Crippen LogP contribution < -0.4 is 0 Å². The molecule has 0 saturated carbocycles. The topological polar surface area (TPSA) is 41.3 Å². The fourth-order valence-electron chi connectivity index (χ4n) is 3.02. The molecule has 0 spiro atoms. The summed E-state index contributed by atoms with van der Waals surface area (Å²) in [4.78, 5) is 2.31. The minimum Gasteiger partial charge on any atom is -0.389 e. The third kappa shape index (κ3) is 3.80. The summed E-state index contributed by atoms with van der Waals surface area (Å²) < 4.78 is 2.09. The lowest BCUT2D eigenvalue weighted by Crippen LogP contribution is -2.45. The van der Waals surface area contributed by atoms with Crippen LogP contribution in [0, 0.1) is 0 Å². The molecule has 0 bridgehead atoms. The van der Waals surface area contributed by atoms with E-state index in [-0.39, 0.29) is 0 Å². The summed E-state index contributed by atoms with van der Waals surface area (Å²) in [6.07, 6.45) is 6.31. The molecule has 1 aliphatic heterocycles. The number of β-amino-alcohol motifs (C(OH)–C–C–N with tert-alkyl or cyclic N) is 1. The SMILES string of the molecule is CCC(CC)n1ccc(CN2CCCC(C)(O)C2)n1. The Morgan fingerprint density at radius 1 is 1.42 bits per heavy atom. The van der Waals surface area contributed by atoms with Crippen LogP contribution in [0.3, 0.4) is 0 Å². The van der Waals surface area contributed by atoms with Crippen molar-refractivity contribution in [3.63, 3.8) is 0 Å². The first kappa shape index (κ1) is 14.5. The van der Waals surface area contributed by atoms with Crippen LogP contribution in [0.2, 0.25) is 0 Å². The van der Waals surface area contributed by atoms with Gasteiger partial charge in [-0.05, 0) is 45.2 Å². The number of hydrogen-bond acceptors (Lipinski definition) is 3. The van der Waals surface area contributed by atoms with Crippen LogP contribution >= 0.6 is 0 Å². The van der Waals surface area contributed by atoms with Crippen molar-refractivity contribution in [2.24, 2.45) is 0 Å². The molecule has 0 aromatic carbocycles. The van der Waals surface area contributed by atoms with Crippen LogP contribution in [0.1, 0.15) is 58.2 Å². The first-order chi connectivity index (χ1) is 9.04. The Hall–Kier alpha value is -0.870. The number of piperidine rings is 1. The summed E-state index contributed by atoms with van der Waals surface area (Å²) in [6.45, 7) is 9.01. The molecular weight excluding hydrogens is 238 g/mol. The Bertz CT molecular complexity index is 396. The zero-order chi connectivity index (χ0) is 13.9. The molecule has 1 atom stereocenters. The van der Waals surface area contributed by atoms with E-state index in [4.69, 9.17) is 0 Å². The average Bonchev–Trinajstić information content (AvgIpc) is 2.78. The van der Waals surface area contributed by atoms with Gasteiger partial charge in [-0.1, -0.05) is 13.8 Å². The van der Waals surface area contributed by atoms with Crippen molar-refractivity contribution >= 4 is 0 Å². The van der Waals surface area contributed by atoms with Gasteiger partial charge in [-0.25, -0.2) is 0 Å². The zero-order valence-electron chi connectivity index (χ0n) is 12.5. The molecule has 1 aromatic rings. The Morgan fingerprint density at radius 2 is 2.16 bits per heavy atom. The van der Waals surface area contributed by atoms with Gasteiger partial charge < -0.3 is 5.11 Å². The lowest BCUT2D eigenvalue weighted by molar-refractivity contribution is -0.0185. The van der Waals surface area contributed by atoms with Gasteiger partial charge >= 0.3 is 0 Å². The highest BCUT2D eigenvalue weighted by atomic mass is 16.3. The number of hydrogen-bond donors (Lipinski definition) is 1. The van der Waals surface area contributed by atoms with Crippen LogP contribution in [0.15, 0.2) is 12.3 Å². The molecule has 0 aliphatic carbocycles. The van der Waals surface area contributed by atoms with E-state index >= 15 is 0 Å². The maximum Gasteiger partial charge on any atom is 0.0764 e. The number of aromatic nitrogens is 2. The summed E-state index contributed by atoms with van der Waals surface area (Å²) in [5.74, 6) is 0. The summed E-state index contributed by atoms with van der Waals surface area (Å²) in [6, 6.07) is 2.62. The van der Waals surface area contributed by atoms with Crippen LogP contribution in [0.4, 0.5) is 0 Å². The number of aliphatic hydroxyl groups is 1. The normalized spacial score (nSPS) is 25.1. The summed E-state index contributed by atoms with van der Waals surface area (Å²) >= 11 is 0. The highest BCUT2D eigenvalue weighted by Gasteiger charge is 2.28. The van der Waals surface area contributed by atoms with E-state index in [0.29, 0.717) is 6.04 Å². The fraction of sp³-hybridized carbons (Fsp3) is 0.800. The Morgan fingerprint density at radius 3 is 2.79 bits per heavy atom. The molecule has 1 saturated heterocycles. The molecule has 4 heteroatoms. The van der Waals surface area contributed by atoms with Gasteiger partial charge in [0.1, 0.15) is 0 Å². The van der Waals surface area contributed by atoms with Gasteiger partial charge in [0.05, 0.1) is 17.3 Å². The maximum atomic E-state index is 10.1. The molecule has 2 heterocycles. The smallest absolute Gasteiger partial charge is 0.0764 e. The van der Waals surface area contributed by atoms with Crippen molar-refractivity contribution in [3.05, 3.63) is 18.0 Å². The fourth-order valence-corrected chi connectivity index (χ4v) is 3.02. The first-order valence-corrected chi connectivity index (χ1v) is 7.53. The Kier molecular flexibility index (Phi) is 4.63. The second kappa shape index (κ2) is 6.06. The predicted molar refractivity (Wildman–Crippen MR) is 77.0 cm³/mol. The average molecular weight is 265 g/mol. The largest absolute Gasteiger partial charge is 0.389 e. The summed E-state index contributed by atoms with van der Waals surface area (Å²) in [5, 5.41) is 14.8. The van der Waals surface area contributed by atoms with E-state index in [1.165, 1.54) is 0 Å². The molecule has 1 unspecified atom stereocenters. The van der Waals surface area contributed by atoms with Gasteiger partial charge in [-0.2, -0.15) is 5.10 Å². The minimum absolute atomic E-state index is 0.512. The van der Waals surface area contributed by atoms with Crippen LogP contribution in [0.5, 0.6) is 0 Å². The van der Waals surface area contributed by atoms with Gasteiger partial charge in [-0.15, -0.1) is 0 Å². The molecule has 108 valence electrons. The van der Waals surface area contributed by atoms with Crippen molar-refractivity contribution < 1.29 is 5.11 Å². The Labute approximate surface area is 116 Å². The molecular formula is C15H27N3O. The van der Waals surface area contributed by atoms with E-state index in [0.717, 1.165) is 51.0 Å². The van der Waals surface area contributed by atoms with Gasteiger partial charge in [0.25, 0.3) is 0 Å². The summed E-state index contributed by atoms with van der Waals surface area (Å²) in [5.41, 5.74) is 0.584. The molecule has 1 N–H and O–H groups in total. The van der Waals surface area contributed by atoms with E-state index in [9.17, 15) is 5.11 Å². The molecule has 1 fully saturated rings. The number of likely N-dealkylation sites (tertiary alicyclic amines) is 1. The van der Waals surface area contributed by atoms with Crippen molar-refractivity contribution in [1.82, 2.24) is 14.7 Å². The van der Waals surface area contributed by atoms with E-state index in [2.05, 4.69) is 40.8 Å². The van der Waals surface area contributed by atoms with Gasteiger partial charge in [-0.3, -0.25) is 9.58 Å². The highest BCUT2D eigenvalue weighted by Crippen LogP contribution is 2.22. The monoisotopic (exact) mass is 265 g/mol. The molecule has 0 amide bonds. The molecule has 19 heavy (non-hydrogen) atoms. The van der Waals surface area contributed by atoms with Crippen molar-refractivity contribution in [2.45, 2.75) is 64.6 Å². The van der Waals surface area contributed by atoms with E-state index < -0.39 is 5.60 Å². The third-order valence-corrected chi connectivity index (χ3v) is 4.12.